The van der Waals surface area contributed by atoms with Crippen LogP contribution in [0.5, 0.6) is 0 Å². The first kappa shape index (κ1) is 25.6. The molecule has 0 amide bonds. The summed E-state index contributed by atoms with van der Waals surface area (Å²) in [6.07, 6.45) is -3.14. The van der Waals surface area contributed by atoms with Crippen LogP contribution in [-0.4, -0.2) is 64.9 Å². The molecule has 0 aliphatic carbocycles. The second-order valence-corrected chi connectivity index (χ2v) is 8.51. The van der Waals surface area contributed by atoms with Crippen molar-refractivity contribution in [2.45, 2.75) is 64.4 Å². The smallest absolute Gasteiger partial charge is 0.303 e. The van der Waals surface area contributed by atoms with Gasteiger partial charge in [0.25, 0.3) is 0 Å². The van der Waals surface area contributed by atoms with Gasteiger partial charge in [0.2, 0.25) is 0 Å². The maximum atomic E-state index is 11.7. The largest absolute Gasteiger partial charge is 0.462 e. The molecule has 0 bridgehead atoms. The Balaban J connectivity index is 5.92. The fourth-order valence-corrected chi connectivity index (χ4v) is 4.85. The minimum absolute atomic E-state index is 0.274. The third-order valence-corrected chi connectivity index (χ3v) is 5.67. The number of hydrogen-bond acceptors (Lipinski definition) is 10. The second kappa shape index (κ2) is 13.7. The number of esters is 4. The summed E-state index contributed by atoms with van der Waals surface area (Å²) < 4.78 is 20.7. The van der Waals surface area contributed by atoms with Gasteiger partial charge in [-0.2, -0.15) is 0 Å². The fraction of sp³-hybridized carbons (Fsp3) is 0.765. The predicted molar refractivity (Wildman–Crippen MR) is 103 cm³/mol. The molecule has 3 atom stereocenters. The first-order valence-corrected chi connectivity index (χ1v) is 10.6. The summed E-state index contributed by atoms with van der Waals surface area (Å²) in [6, 6.07) is 0. The Labute approximate surface area is 168 Å². The zero-order valence-corrected chi connectivity index (χ0v) is 18.1. The molecule has 0 fully saturated rings. The molecule has 0 saturated carbocycles. The zero-order valence-electron chi connectivity index (χ0n) is 16.5. The Morgan fingerprint density at radius 2 is 1.15 bits per heavy atom. The molecule has 156 valence electrons. The van der Waals surface area contributed by atoms with Crippen LogP contribution >= 0.6 is 23.5 Å². The van der Waals surface area contributed by atoms with E-state index in [2.05, 4.69) is 0 Å². The van der Waals surface area contributed by atoms with Crippen molar-refractivity contribution in [3.63, 3.8) is 0 Å². The molecule has 0 N–H and O–H groups in total. The van der Waals surface area contributed by atoms with Gasteiger partial charge in [-0.1, -0.05) is 13.8 Å². The van der Waals surface area contributed by atoms with E-state index in [9.17, 15) is 19.2 Å². The molecule has 0 aliphatic heterocycles. The fourth-order valence-electron chi connectivity index (χ4n) is 2.19. The Morgan fingerprint density at radius 1 is 0.704 bits per heavy atom. The summed E-state index contributed by atoms with van der Waals surface area (Å²) in [5.41, 5.74) is 0. The molecule has 0 unspecified atom stereocenters. The maximum absolute atomic E-state index is 11.7. The van der Waals surface area contributed by atoms with Crippen molar-refractivity contribution in [3.8, 4) is 0 Å². The van der Waals surface area contributed by atoms with Gasteiger partial charge in [0.15, 0.2) is 18.3 Å². The standard InChI is InChI=1S/C17H28O8S2/c1-7-26-17(27-8-2)16(25-13(6)21)15(24-12(5)20)14(23-11(4)19)9-22-10(3)18/h14-17H,7-9H2,1-6H3/t14-,15+,16+/m1/s1. The highest BCUT2D eigenvalue weighted by molar-refractivity contribution is 8.17. The van der Waals surface area contributed by atoms with E-state index in [0.29, 0.717) is 0 Å². The molecule has 8 nitrogen and oxygen atoms in total. The van der Waals surface area contributed by atoms with Crippen LogP contribution in [0.2, 0.25) is 0 Å². The number of ether oxygens (including phenoxy) is 4. The normalized spacial score (nSPS) is 14.0. The summed E-state index contributed by atoms with van der Waals surface area (Å²) in [4.78, 5) is 46.1. The number of carbonyl (C=O) groups excluding carboxylic acids is 4. The van der Waals surface area contributed by atoms with Gasteiger partial charge in [0, 0.05) is 27.7 Å². The summed E-state index contributed by atoms with van der Waals surface area (Å²) in [5, 5.41) is 0. The SMILES string of the molecule is CCSC(SCC)[C@@H](OC(C)=O)[C@@H](OC(C)=O)[C@@H](COC(C)=O)OC(C)=O. The Kier molecular flexibility index (Phi) is 13.0. The van der Waals surface area contributed by atoms with Crippen molar-refractivity contribution in [3.05, 3.63) is 0 Å². The van der Waals surface area contributed by atoms with Gasteiger partial charge in [-0.25, -0.2) is 0 Å². The van der Waals surface area contributed by atoms with Crippen molar-refractivity contribution < 1.29 is 38.1 Å². The van der Waals surface area contributed by atoms with E-state index in [-0.39, 0.29) is 11.2 Å². The lowest BCUT2D eigenvalue weighted by atomic mass is 10.1. The topological polar surface area (TPSA) is 105 Å². The third-order valence-electron chi connectivity index (χ3n) is 2.99. The predicted octanol–water partition coefficient (Wildman–Crippen LogP) is 2.18. The average Bonchev–Trinajstić information content (AvgIpc) is 2.53. The Bertz CT molecular complexity index is 505. The van der Waals surface area contributed by atoms with Crippen LogP contribution in [0.4, 0.5) is 0 Å². The highest BCUT2D eigenvalue weighted by atomic mass is 32.2. The highest BCUT2D eigenvalue weighted by Crippen LogP contribution is 2.32. The molecule has 0 spiro atoms. The van der Waals surface area contributed by atoms with Crippen molar-refractivity contribution in [1.29, 1.82) is 0 Å². The molecular formula is C17H28O8S2. The van der Waals surface area contributed by atoms with E-state index in [1.54, 1.807) is 0 Å². The van der Waals surface area contributed by atoms with Gasteiger partial charge in [0.05, 0.1) is 4.58 Å². The second-order valence-electron chi connectivity index (χ2n) is 5.38. The van der Waals surface area contributed by atoms with Gasteiger partial charge in [-0.05, 0) is 11.5 Å². The minimum atomic E-state index is -1.13. The summed E-state index contributed by atoms with van der Waals surface area (Å²) in [7, 11) is 0. The van der Waals surface area contributed by atoms with E-state index in [1.165, 1.54) is 51.2 Å². The monoisotopic (exact) mass is 424 g/mol. The molecular weight excluding hydrogens is 396 g/mol. The number of carbonyl (C=O) groups is 4. The van der Waals surface area contributed by atoms with Crippen LogP contribution in [-0.2, 0) is 38.1 Å². The molecule has 27 heavy (non-hydrogen) atoms. The summed E-state index contributed by atoms with van der Waals surface area (Å²) in [6.45, 7) is 8.40. The zero-order chi connectivity index (χ0) is 21.0. The lowest BCUT2D eigenvalue weighted by Gasteiger charge is -2.35. The molecule has 0 aromatic rings. The lowest BCUT2D eigenvalue weighted by molar-refractivity contribution is -0.187. The van der Waals surface area contributed by atoms with Crippen LogP contribution < -0.4 is 0 Å². The number of thioether (sulfide) groups is 2. The first-order chi connectivity index (χ1) is 12.6. The molecule has 0 aromatic carbocycles. The number of rotatable bonds is 12. The van der Waals surface area contributed by atoms with E-state index >= 15 is 0 Å². The van der Waals surface area contributed by atoms with Crippen LogP contribution in [0, 0.1) is 0 Å². The van der Waals surface area contributed by atoms with Gasteiger partial charge >= 0.3 is 23.9 Å². The summed E-state index contributed by atoms with van der Waals surface area (Å²) >= 11 is 3.03. The average molecular weight is 425 g/mol. The van der Waals surface area contributed by atoms with E-state index < -0.39 is 42.2 Å². The highest BCUT2D eigenvalue weighted by Gasteiger charge is 2.42. The Morgan fingerprint density at radius 3 is 1.52 bits per heavy atom. The van der Waals surface area contributed by atoms with E-state index in [4.69, 9.17) is 18.9 Å². The van der Waals surface area contributed by atoms with Crippen molar-refractivity contribution >= 4 is 47.4 Å². The van der Waals surface area contributed by atoms with Crippen molar-refractivity contribution in [2.24, 2.45) is 0 Å². The van der Waals surface area contributed by atoms with Gasteiger partial charge in [-0.15, -0.1) is 23.5 Å². The molecule has 0 rings (SSSR count). The van der Waals surface area contributed by atoms with Gasteiger partial charge < -0.3 is 18.9 Å². The van der Waals surface area contributed by atoms with E-state index in [0.717, 1.165) is 11.5 Å². The van der Waals surface area contributed by atoms with Gasteiger partial charge in [-0.3, -0.25) is 19.2 Å². The maximum Gasteiger partial charge on any atom is 0.303 e. The van der Waals surface area contributed by atoms with Crippen LogP contribution in [0.25, 0.3) is 0 Å². The molecule has 0 saturated heterocycles. The van der Waals surface area contributed by atoms with Crippen molar-refractivity contribution in [1.82, 2.24) is 0 Å². The van der Waals surface area contributed by atoms with Gasteiger partial charge in [0.1, 0.15) is 6.61 Å². The van der Waals surface area contributed by atoms with Crippen LogP contribution in [0.3, 0.4) is 0 Å². The van der Waals surface area contributed by atoms with E-state index in [1.807, 2.05) is 13.8 Å². The molecule has 0 radical (unpaired) electrons. The molecule has 0 heterocycles. The Hall–Kier alpha value is -1.42. The van der Waals surface area contributed by atoms with Crippen molar-refractivity contribution in [2.75, 3.05) is 18.1 Å². The summed E-state index contributed by atoms with van der Waals surface area (Å²) in [5.74, 6) is -0.980. The lowest BCUT2D eigenvalue weighted by Crippen LogP contribution is -2.50. The third kappa shape index (κ3) is 11.1. The number of hydrogen-bond donors (Lipinski definition) is 0. The molecule has 10 heteroatoms. The molecule has 0 aromatic heterocycles. The van der Waals surface area contributed by atoms with Crippen LogP contribution in [0.1, 0.15) is 41.5 Å². The van der Waals surface area contributed by atoms with Crippen LogP contribution in [0.15, 0.2) is 0 Å². The first-order valence-electron chi connectivity index (χ1n) is 8.50. The minimum Gasteiger partial charge on any atom is -0.462 e. The quantitative estimate of drug-likeness (QED) is 0.263. The molecule has 0 aliphatic rings.